The summed E-state index contributed by atoms with van der Waals surface area (Å²) in [6.45, 7) is 6.04. The van der Waals surface area contributed by atoms with Crippen molar-refractivity contribution in [3.8, 4) is 5.75 Å². The Morgan fingerprint density at radius 1 is 1.07 bits per heavy atom. The molecule has 2 atom stereocenters. The number of nitrogens with one attached hydrogen (secondary N) is 2. The predicted octanol–water partition coefficient (Wildman–Crippen LogP) is 1.79. The molecule has 148 valence electrons. The van der Waals surface area contributed by atoms with E-state index in [4.69, 9.17) is 9.47 Å². The summed E-state index contributed by atoms with van der Waals surface area (Å²) in [5.41, 5.74) is 7.49. The second-order valence-electron chi connectivity index (χ2n) is 6.98. The van der Waals surface area contributed by atoms with Crippen LogP contribution in [0.3, 0.4) is 0 Å². The quantitative estimate of drug-likeness (QED) is 0.738. The number of benzene rings is 1. The molecule has 0 aliphatic carbocycles. The fourth-order valence-corrected chi connectivity index (χ4v) is 3.72. The lowest BCUT2D eigenvalue weighted by molar-refractivity contribution is -0.151. The van der Waals surface area contributed by atoms with Gasteiger partial charge in [-0.05, 0) is 50.8 Å². The van der Waals surface area contributed by atoms with Gasteiger partial charge in [-0.3, -0.25) is 9.59 Å². The topological polar surface area (TPSA) is 79.9 Å². The molecule has 7 nitrogen and oxygen atoms in total. The molecule has 2 fully saturated rings. The zero-order valence-electron chi connectivity index (χ0n) is 16.1. The lowest BCUT2D eigenvalue weighted by atomic mass is 9.95. The van der Waals surface area contributed by atoms with Crippen molar-refractivity contribution in [2.45, 2.75) is 45.2 Å². The van der Waals surface area contributed by atoms with Gasteiger partial charge in [0.05, 0.1) is 19.1 Å². The maximum Gasteiger partial charge on any atom is 0.309 e. The predicted molar refractivity (Wildman–Crippen MR) is 101 cm³/mol. The van der Waals surface area contributed by atoms with Gasteiger partial charge in [0.25, 0.3) is 0 Å². The number of rotatable bonds is 6. The standard InChI is InChI=1S/C20H29N3O4/c1-3-26-16-7-5-14(6-8-16)17-13-18(22-21-17)19(24)23-11-9-15(10-12-23)20(25)27-4-2/h5-8,15,17-18,21-22H,3-4,9-13H2,1-2H3. The summed E-state index contributed by atoms with van der Waals surface area (Å²) in [5.74, 6) is 0.726. The van der Waals surface area contributed by atoms with Crippen LogP contribution in [0.4, 0.5) is 0 Å². The lowest BCUT2D eigenvalue weighted by Gasteiger charge is -2.32. The van der Waals surface area contributed by atoms with Gasteiger partial charge in [-0.1, -0.05) is 12.1 Å². The van der Waals surface area contributed by atoms with E-state index in [-0.39, 0.29) is 29.9 Å². The molecule has 2 aliphatic heterocycles. The minimum Gasteiger partial charge on any atom is -0.494 e. The minimum absolute atomic E-state index is 0.0831. The van der Waals surface area contributed by atoms with Gasteiger partial charge in [0.2, 0.25) is 5.91 Å². The van der Waals surface area contributed by atoms with E-state index in [1.165, 1.54) is 0 Å². The second kappa shape index (κ2) is 9.19. The van der Waals surface area contributed by atoms with Crippen LogP contribution in [-0.4, -0.2) is 49.1 Å². The van der Waals surface area contributed by atoms with E-state index in [0.29, 0.717) is 45.6 Å². The molecule has 1 aromatic rings. The summed E-state index contributed by atoms with van der Waals surface area (Å²) in [5, 5.41) is 0. The molecule has 7 heteroatoms. The smallest absolute Gasteiger partial charge is 0.309 e. The molecular weight excluding hydrogens is 346 g/mol. The average Bonchev–Trinajstić information content (AvgIpc) is 3.19. The molecule has 0 spiro atoms. The van der Waals surface area contributed by atoms with Crippen LogP contribution in [-0.2, 0) is 14.3 Å². The Kier molecular flexibility index (Phi) is 6.68. The van der Waals surface area contributed by atoms with Crippen LogP contribution in [0, 0.1) is 5.92 Å². The average molecular weight is 375 g/mol. The van der Waals surface area contributed by atoms with Gasteiger partial charge < -0.3 is 14.4 Å². The number of amides is 1. The highest BCUT2D eigenvalue weighted by atomic mass is 16.5. The molecule has 0 radical (unpaired) electrons. The SMILES string of the molecule is CCOC(=O)C1CCN(C(=O)C2CC(c3ccc(OCC)cc3)NN2)CC1. The highest BCUT2D eigenvalue weighted by Crippen LogP contribution is 2.26. The molecule has 1 aromatic carbocycles. The van der Waals surface area contributed by atoms with Crippen LogP contribution in [0.1, 0.15) is 44.7 Å². The van der Waals surface area contributed by atoms with Gasteiger partial charge in [-0.25, -0.2) is 10.9 Å². The van der Waals surface area contributed by atoms with Crippen molar-refractivity contribution in [1.82, 2.24) is 15.8 Å². The van der Waals surface area contributed by atoms with Crippen molar-refractivity contribution < 1.29 is 19.1 Å². The van der Waals surface area contributed by atoms with Crippen molar-refractivity contribution in [2.24, 2.45) is 5.92 Å². The van der Waals surface area contributed by atoms with Crippen molar-refractivity contribution in [3.63, 3.8) is 0 Å². The molecule has 2 saturated heterocycles. The number of hydrazine groups is 1. The summed E-state index contributed by atoms with van der Waals surface area (Å²) in [6.07, 6.45) is 2.05. The number of hydrogen-bond acceptors (Lipinski definition) is 6. The van der Waals surface area contributed by atoms with Gasteiger partial charge in [0.1, 0.15) is 11.8 Å². The second-order valence-corrected chi connectivity index (χ2v) is 6.98. The number of carbonyl (C=O) groups is 2. The molecule has 1 amide bonds. The normalized spacial score (nSPS) is 23.3. The highest BCUT2D eigenvalue weighted by Gasteiger charge is 2.35. The Bertz CT molecular complexity index is 641. The van der Waals surface area contributed by atoms with Gasteiger partial charge >= 0.3 is 5.97 Å². The van der Waals surface area contributed by atoms with Crippen molar-refractivity contribution in [3.05, 3.63) is 29.8 Å². The van der Waals surface area contributed by atoms with E-state index < -0.39 is 0 Å². The van der Waals surface area contributed by atoms with Crippen LogP contribution < -0.4 is 15.6 Å². The first-order valence-electron chi connectivity index (χ1n) is 9.81. The van der Waals surface area contributed by atoms with Crippen LogP contribution in [0.25, 0.3) is 0 Å². The number of likely N-dealkylation sites (tertiary alicyclic amines) is 1. The summed E-state index contributed by atoms with van der Waals surface area (Å²) in [7, 11) is 0. The van der Waals surface area contributed by atoms with Gasteiger partial charge in [0, 0.05) is 19.1 Å². The molecule has 2 heterocycles. The number of carbonyl (C=O) groups excluding carboxylic acids is 2. The number of piperidine rings is 1. The first kappa shape index (κ1) is 19.6. The first-order valence-corrected chi connectivity index (χ1v) is 9.81. The van der Waals surface area contributed by atoms with E-state index in [0.717, 1.165) is 11.3 Å². The Morgan fingerprint density at radius 2 is 1.78 bits per heavy atom. The molecular formula is C20H29N3O4. The fraction of sp³-hybridized carbons (Fsp3) is 0.600. The summed E-state index contributed by atoms with van der Waals surface area (Å²) < 4.78 is 10.6. The van der Waals surface area contributed by atoms with Crippen LogP contribution in [0.15, 0.2) is 24.3 Å². The van der Waals surface area contributed by atoms with E-state index in [1.54, 1.807) is 0 Å². The maximum absolute atomic E-state index is 12.8. The maximum atomic E-state index is 12.8. The molecule has 2 N–H and O–H groups in total. The molecule has 2 unspecified atom stereocenters. The van der Waals surface area contributed by atoms with Gasteiger partial charge in [-0.2, -0.15) is 0 Å². The number of esters is 1. The van der Waals surface area contributed by atoms with Crippen LogP contribution in [0.5, 0.6) is 5.75 Å². The zero-order valence-corrected chi connectivity index (χ0v) is 16.1. The van der Waals surface area contributed by atoms with E-state index in [2.05, 4.69) is 10.9 Å². The van der Waals surface area contributed by atoms with Crippen molar-refractivity contribution in [2.75, 3.05) is 26.3 Å². The number of ether oxygens (including phenoxy) is 2. The zero-order chi connectivity index (χ0) is 19.2. The van der Waals surface area contributed by atoms with E-state index >= 15 is 0 Å². The Labute approximate surface area is 160 Å². The Morgan fingerprint density at radius 3 is 2.41 bits per heavy atom. The van der Waals surface area contributed by atoms with E-state index in [9.17, 15) is 9.59 Å². The molecule has 0 aromatic heterocycles. The monoisotopic (exact) mass is 375 g/mol. The number of hydrogen-bond donors (Lipinski definition) is 2. The molecule has 2 aliphatic rings. The summed E-state index contributed by atoms with van der Waals surface area (Å²) >= 11 is 0. The fourth-order valence-electron chi connectivity index (χ4n) is 3.72. The molecule has 0 saturated carbocycles. The van der Waals surface area contributed by atoms with Crippen molar-refractivity contribution in [1.29, 1.82) is 0 Å². The molecule has 27 heavy (non-hydrogen) atoms. The molecule has 3 rings (SSSR count). The Balaban J connectivity index is 1.50. The highest BCUT2D eigenvalue weighted by molar-refractivity contribution is 5.82. The number of nitrogens with zero attached hydrogens (tertiary/aromatic N) is 1. The van der Waals surface area contributed by atoms with Crippen molar-refractivity contribution >= 4 is 11.9 Å². The van der Waals surface area contributed by atoms with E-state index in [1.807, 2.05) is 43.0 Å². The van der Waals surface area contributed by atoms with Crippen LogP contribution >= 0.6 is 0 Å². The molecule has 0 bridgehead atoms. The third kappa shape index (κ3) is 4.78. The van der Waals surface area contributed by atoms with Gasteiger partial charge in [0.15, 0.2) is 0 Å². The largest absolute Gasteiger partial charge is 0.494 e. The van der Waals surface area contributed by atoms with Crippen LogP contribution in [0.2, 0.25) is 0 Å². The summed E-state index contributed by atoms with van der Waals surface area (Å²) in [6, 6.07) is 7.81. The third-order valence-corrected chi connectivity index (χ3v) is 5.22. The minimum atomic E-state index is -0.249. The van der Waals surface area contributed by atoms with Gasteiger partial charge in [-0.15, -0.1) is 0 Å². The third-order valence-electron chi connectivity index (χ3n) is 5.22. The summed E-state index contributed by atoms with van der Waals surface area (Å²) in [4.78, 5) is 26.5. The lowest BCUT2D eigenvalue weighted by Crippen LogP contribution is -2.49. The first-order chi connectivity index (χ1) is 13.1. The Hall–Kier alpha value is -2.12.